The highest BCUT2D eigenvalue weighted by Gasteiger charge is 2.37. The molecular weight excluding hydrogens is 260 g/mol. The van der Waals surface area contributed by atoms with E-state index in [0.717, 1.165) is 19.0 Å². The number of hydrogen-bond donors (Lipinski definition) is 2. The molecule has 0 aromatic heterocycles. The van der Waals surface area contributed by atoms with Gasteiger partial charge in [0.25, 0.3) is 0 Å². The van der Waals surface area contributed by atoms with Gasteiger partial charge in [-0.1, -0.05) is 26.2 Å². The monoisotopic (exact) mass is 292 g/mol. The van der Waals surface area contributed by atoms with E-state index in [1.54, 1.807) is 21.3 Å². The van der Waals surface area contributed by atoms with E-state index < -0.39 is 8.80 Å². The van der Waals surface area contributed by atoms with Gasteiger partial charge in [-0.3, -0.25) is 0 Å². The fourth-order valence-corrected chi connectivity index (χ4v) is 4.00. The van der Waals surface area contributed by atoms with E-state index in [4.69, 9.17) is 19.0 Å². The van der Waals surface area contributed by atoms with E-state index in [1.807, 2.05) is 0 Å². The highest BCUT2D eigenvalue weighted by molar-refractivity contribution is 6.60. The van der Waals surface area contributed by atoms with E-state index in [1.165, 1.54) is 25.7 Å². The highest BCUT2D eigenvalue weighted by atomic mass is 28.4. The average Bonchev–Trinajstić information content (AvgIpc) is 2.46. The summed E-state index contributed by atoms with van der Waals surface area (Å²) in [6.45, 7) is 3.75. The van der Waals surface area contributed by atoms with Crippen LogP contribution in [0.5, 0.6) is 0 Å². The van der Waals surface area contributed by atoms with Crippen molar-refractivity contribution in [1.29, 1.82) is 0 Å². The largest absolute Gasteiger partial charge is 0.500 e. The van der Waals surface area contributed by atoms with Crippen molar-refractivity contribution in [3.63, 3.8) is 0 Å². The van der Waals surface area contributed by atoms with Crippen molar-refractivity contribution in [3.8, 4) is 0 Å². The van der Waals surface area contributed by atoms with Gasteiger partial charge in [-0.2, -0.15) is 0 Å². The van der Waals surface area contributed by atoms with Crippen LogP contribution in [0.1, 0.15) is 39.0 Å². The molecule has 1 atom stereocenters. The lowest BCUT2D eigenvalue weighted by atomic mass is 10.1. The maximum atomic E-state index is 5.56. The molecule has 0 amide bonds. The molecule has 0 aromatic rings. The lowest BCUT2D eigenvalue weighted by molar-refractivity contribution is 0.121. The molecule has 0 saturated carbocycles. The lowest BCUT2D eigenvalue weighted by Crippen LogP contribution is -2.44. The second kappa shape index (κ2) is 11.8. The summed E-state index contributed by atoms with van der Waals surface area (Å²) >= 11 is 0. The quantitative estimate of drug-likeness (QED) is 0.400. The predicted molar refractivity (Wildman–Crippen MR) is 81.2 cm³/mol. The summed E-state index contributed by atoms with van der Waals surface area (Å²) < 4.78 is 16.4. The van der Waals surface area contributed by atoms with Gasteiger partial charge in [-0.25, -0.2) is 0 Å². The summed E-state index contributed by atoms with van der Waals surface area (Å²) in [6.07, 6.45) is 5.96. The van der Waals surface area contributed by atoms with E-state index in [-0.39, 0.29) is 0 Å². The first-order valence-corrected chi connectivity index (χ1v) is 9.20. The molecule has 0 aliphatic rings. The Morgan fingerprint density at radius 2 is 1.68 bits per heavy atom. The molecule has 0 bridgehead atoms. The molecule has 116 valence electrons. The smallest absolute Gasteiger partial charge is 0.377 e. The molecule has 3 N–H and O–H groups in total. The van der Waals surface area contributed by atoms with Crippen molar-refractivity contribution in [3.05, 3.63) is 0 Å². The molecule has 1 unspecified atom stereocenters. The molecule has 6 heteroatoms. The number of nitrogens with two attached hydrogens (primary N) is 1. The van der Waals surface area contributed by atoms with E-state index in [0.29, 0.717) is 12.6 Å². The molecular formula is C13H32N2O3Si. The van der Waals surface area contributed by atoms with Crippen LogP contribution in [0.4, 0.5) is 0 Å². The molecule has 0 aliphatic heterocycles. The lowest BCUT2D eigenvalue weighted by Gasteiger charge is -2.27. The Labute approximate surface area is 119 Å². The van der Waals surface area contributed by atoms with Crippen LogP contribution in [-0.4, -0.2) is 49.3 Å². The maximum absolute atomic E-state index is 5.56. The first kappa shape index (κ1) is 19.0. The zero-order chi connectivity index (χ0) is 14.6. The van der Waals surface area contributed by atoms with Crippen molar-refractivity contribution in [1.82, 2.24) is 5.32 Å². The SMILES string of the molecule is CCCCCC(CC[Si](OC)(OC)OC)NCCN. The summed E-state index contributed by atoms with van der Waals surface area (Å²) in [6, 6.07) is 1.31. The van der Waals surface area contributed by atoms with Gasteiger partial charge in [0, 0.05) is 46.5 Å². The second-order valence-electron chi connectivity index (χ2n) is 4.77. The second-order valence-corrected chi connectivity index (χ2v) is 7.86. The number of unbranched alkanes of at least 4 members (excludes halogenated alkanes) is 2. The van der Waals surface area contributed by atoms with Gasteiger partial charge in [0.15, 0.2) is 0 Å². The minimum Gasteiger partial charge on any atom is -0.377 e. The van der Waals surface area contributed by atoms with E-state index in [9.17, 15) is 0 Å². The Morgan fingerprint density at radius 1 is 1.05 bits per heavy atom. The van der Waals surface area contributed by atoms with Crippen LogP contribution in [0.25, 0.3) is 0 Å². The van der Waals surface area contributed by atoms with Crippen LogP contribution in [0.2, 0.25) is 6.04 Å². The third kappa shape index (κ3) is 8.01. The first-order chi connectivity index (χ1) is 9.17. The fraction of sp³-hybridized carbons (Fsp3) is 1.00. The van der Waals surface area contributed by atoms with Gasteiger partial charge in [-0.05, 0) is 12.8 Å². The summed E-state index contributed by atoms with van der Waals surface area (Å²) in [5.41, 5.74) is 5.56. The van der Waals surface area contributed by atoms with Crippen LogP contribution in [0, 0.1) is 0 Å². The summed E-state index contributed by atoms with van der Waals surface area (Å²) in [7, 11) is 2.56. The summed E-state index contributed by atoms with van der Waals surface area (Å²) in [5, 5.41) is 3.50. The van der Waals surface area contributed by atoms with Crippen molar-refractivity contribution in [2.24, 2.45) is 5.73 Å². The molecule has 0 aromatic carbocycles. The molecule has 0 saturated heterocycles. The number of rotatable bonds is 13. The van der Waals surface area contributed by atoms with Gasteiger partial charge in [0.1, 0.15) is 0 Å². The number of nitrogens with one attached hydrogen (secondary N) is 1. The Morgan fingerprint density at radius 3 is 2.16 bits per heavy atom. The predicted octanol–water partition coefficient (Wildman–Crippen LogP) is 1.75. The Balaban J connectivity index is 4.20. The molecule has 0 spiro atoms. The van der Waals surface area contributed by atoms with Gasteiger partial charge in [-0.15, -0.1) is 0 Å². The zero-order valence-electron chi connectivity index (χ0n) is 13.0. The normalized spacial score (nSPS) is 13.7. The molecule has 0 radical (unpaired) electrons. The highest BCUT2D eigenvalue weighted by Crippen LogP contribution is 2.18. The van der Waals surface area contributed by atoms with Crippen molar-refractivity contribution in [2.45, 2.75) is 51.1 Å². The first-order valence-electron chi connectivity index (χ1n) is 7.26. The Hall–Kier alpha value is 0.0169. The van der Waals surface area contributed by atoms with Crippen LogP contribution in [0.15, 0.2) is 0 Å². The molecule has 0 aliphatic carbocycles. The van der Waals surface area contributed by atoms with E-state index >= 15 is 0 Å². The van der Waals surface area contributed by atoms with Crippen LogP contribution in [0.3, 0.4) is 0 Å². The van der Waals surface area contributed by atoms with Gasteiger partial charge in [0.2, 0.25) is 0 Å². The van der Waals surface area contributed by atoms with Gasteiger partial charge < -0.3 is 24.3 Å². The minimum absolute atomic E-state index is 0.474. The van der Waals surface area contributed by atoms with E-state index in [2.05, 4.69) is 12.2 Å². The zero-order valence-corrected chi connectivity index (χ0v) is 14.0. The van der Waals surface area contributed by atoms with Crippen LogP contribution >= 0.6 is 0 Å². The summed E-state index contributed by atoms with van der Waals surface area (Å²) in [4.78, 5) is 0. The van der Waals surface area contributed by atoms with Crippen molar-refractivity contribution >= 4 is 8.80 Å². The van der Waals surface area contributed by atoms with Gasteiger partial charge >= 0.3 is 8.80 Å². The Kier molecular flexibility index (Phi) is 11.8. The molecule has 0 heterocycles. The topological polar surface area (TPSA) is 65.7 Å². The standard InChI is InChI=1S/C13H32N2O3Si/c1-5-6-7-8-13(15-11-10-14)9-12-19(16-2,17-3)18-4/h13,15H,5-12,14H2,1-4H3. The molecule has 19 heavy (non-hydrogen) atoms. The molecule has 0 fully saturated rings. The average molecular weight is 292 g/mol. The maximum Gasteiger partial charge on any atom is 0.500 e. The number of hydrogen-bond acceptors (Lipinski definition) is 5. The van der Waals surface area contributed by atoms with Crippen molar-refractivity contribution < 1.29 is 13.3 Å². The Bertz CT molecular complexity index is 196. The summed E-state index contributed by atoms with van der Waals surface area (Å²) in [5.74, 6) is 0. The third-order valence-corrected chi connectivity index (χ3v) is 6.23. The van der Waals surface area contributed by atoms with Crippen molar-refractivity contribution in [2.75, 3.05) is 34.4 Å². The van der Waals surface area contributed by atoms with Crippen LogP contribution < -0.4 is 11.1 Å². The van der Waals surface area contributed by atoms with Crippen LogP contribution in [-0.2, 0) is 13.3 Å². The van der Waals surface area contributed by atoms with Gasteiger partial charge in [0.05, 0.1) is 0 Å². The third-order valence-electron chi connectivity index (χ3n) is 3.47. The fourth-order valence-electron chi connectivity index (χ4n) is 2.18. The minimum atomic E-state index is -2.44. The molecule has 5 nitrogen and oxygen atoms in total. The molecule has 0 rings (SSSR count).